The Morgan fingerprint density at radius 1 is 1.02 bits per heavy atom. The molecule has 1 aliphatic carbocycles. The van der Waals surface area contributed by atoms with E-state index in [-0.39, 0.29) is 74.4 Å². The largest absolute Gasteiger partial charge is 0.444 e. The van der Waals surface area contributed by atoms with Crippen molar-refractivity contribution in [3.8, 4) is 0 Å². The zero-order valence-corrected chi connectivity index (χ0v) is 23.4. The summed E-state index contributed by atoms with van der Waals surface area (Å²) >= 11 is 0. The number of ether oxygens (including phenoxy) is 1. The van der Waals surface area contributed by atoms with Crippen molar-refractivity contribution in [3.63, 3.8) is 0 Å². The smallest absolute Gasteiger partial charge is 0.410 e. The number of halogens is 5. The maximum Gasteiger partial charge on any atom is 0.410 e. The van der Waals surface area contributed by atoms with Crippen LogP contribution < -0.4 is 5.73 Å². The monoisotopic (exact) mass is 585 g/mol. The van der Waals surface area contributed by atoms with Crippen LogP contribution in [-0.2, 0) is 14.9 Å². The second-order valence-electron chi connectivity index (χ2n) is 12.7. The van der Waals surface area contributed by atoms with Crippen LogP contribution in [0.5, 0.6) is 0 Å². The highest BCUT2D eigenvalue weighted by molar-refractivity contribution is 5.91. The maximum absolute atomic E-state index is 16.2. The Morgan fingerprint density at radius 2 is 1.63 bits per heavy atom. The van der Waals surface area contributed by atoms with E-state index < -0.39 is 59.8 Å². The molecule has 0 radical (unpaired) electrons. The zero-order chi connectivity index (χ0) is 30.0. The molecule has 226 valence electrons. The highest BCUT2D eigenvalue weighted by Gasteiger charge is 2.54. The number of imidazole rings is 1. The Bertz CT molecular complexity index is 1310. The minimum absolute atomic E-state index is 0.00263. The fraction of sp³-hybridized carbons (Fsp3) is 0.679. The van der Waals surface area contributed by atoms with E-state index in [0.29, 0.717) is 5.52 Å². The SMILES string of the molecule is CC(C)(C)OC(=O)N1CCC(C(=O)N2CC(F)(F)C2)(c2ccc3[nH]c([C@@H](N)C4CCC(F)(F)CC4)nc3c2F)CC1. The number of piperidine rings is 1. The Kier molecular flexibility index (Phi) is 7.27. The summed E-state index contributed by atoms with van der Waals surface area (Å²) in [5.41, 5.74) is 4.40. The minimum Gasteiger partial charge on any atom is -0.444 e. The van der Waals surface area contributed by atoms with Gasteiger partial charge in [-0.1, -0.05) is 6.07 Å². The average molecular weight is 586 g/mol. The molecule has 13 heteroatoms. The van der Waals surface area contributed by atoms with E-state index in [9.17, 15) is 27.2 Å². The second-order valence-corrected chi connectivity index (χ2v) is 12.7. The summed E-state index contributed by atoms with van der Waals surface area (Å²) in [5, 5.41) is 0. The lowest BCUT2D eigenvalue weighted by molar-refractivity contribution is -0.173. The number of benzene rings is 1. The number of rotatable bonds is 4. The van der Waals surface area contributed by atoms with Crippen LogP contribution in [0.25, 0.3) is 11.0 Å². The van der Waals surface area contributed by atoms with Crippen LogP contribution in [-0.4, -0.2) is 75.4 Å². The van der Waals surface area contributed by atoms with Crippen molar-refractivity contribution >= 4 is 23.0 Å². The van der Waals surface area contributed by atoms with Gasteiger partial charge in [-0.15, -0.1) is 0 Å². The minimum atomic E-state index is -3.01. The number of hydrogen-bond acceptors (Lipinski definition) is 5. The van der Waals surface area contributed by atoms with Crippen molar-refractivity contribution in [2.45, 2.75) is 88.2 Å². The summed E-state index contributed by atoms with van der Waals surface area (Å²) < 4.78 is 76.4. The first-order valence-corrected chi connectivity index (χ1v) is 14.0. The summed E-state index contributed by atoms with van der Waals surface area (Å²) in [4.78, 5) is 36.2. The molecule has 0 unspecified atom stereocenters. The first-order valence-electron chi connectivity index (χ1n) is 14.0. The van der Waals surface area contributed by atoms with Crippen molar-refractivity contribution < 1.29 is 36.3 Å². The summed E-state index contributed by atoms with van der Waals surface area (Å²) in [5.74, 6) is -7.12. The number of likely N-dealkylation sites (tertiary alicyclic amines) is 2. The summed E-state index contributed by atoms with van der Waals surface area (Å²) in [7, 11) is 0. The van der Waals surface area contributed by atoms with E-state index in [4.69, 9.17) is 10.5 Å². The maximum atomic E-state index is 16.2. The number of carbonyl (C=O) groups is 2. The standard InChI is InChI=1S/C28H36F5N5O3/c1-25(2,3)41-24(40)37-12-10-26(11-13-37,23(39)38-14-28(32,33)15-38)17-4-5-18-21(19(17)29)36-22(35-18)20(34)16-6-8-27(30,31)9-7-16/h4-5,16,20H,6-15,34H2,1-3H3,(H,35,36)/t20-/m0/s1. The Hall–Kier alpha value is -2.96. The quantitative estimate of drug-likeness (QED) is 0.476. The van der Waals surface area contributed by atoms with Crippen molar-refractivity contribution in [2.24, 2.45) is 11.7 Å². The van der Waals surface area contributed by atoms with Crippen molar-refractivity contribution in [3.05, 3.63) is 29.3 Å². The summed E-state index contributed by atoms with van der Waals surface area (Å²) in [6.07, 6.45) is -0.687. The topological polar surface area (TPSA) is 105 Å². The first-order chi connectivity index (χ1) is 19.0. The molecule has 2 aromatic rings. The van der Waals surface area contributed by atoms with Gasteiger partial charge in [-0.3, -0.25) is 4.79 Å². The number of nitrogens with one attached hydrogen (secondary N) is 1. The van der Waals surface area contributed by atoms with Crippen LogP contribution in [0.1, 0.15) is 76.7 Å². The van der Waals surface area contributed by atoms with Crippen molar-refractivity contribution in [1.82, 2.24) is 19.8 Å². The number of fused-ring (bicyclic) bond motifs is 1. The Balaban J connectivity index is 1.44. The number of carbonyl (C=O) groups excluding carboxylic acids is 2. The zero-order valence-electron chi connectivity index (χ0n) is 23.4. The molecule has 2 amide bonds. The van der Waals surface area contributed by atoms with E-state index in [1.807, 2.05) is 0 Å². The van der Waals surface area contributed by atoms with E-state index in [1.165, 1.54) is 11.0 Å². The van der Waals surface area contributed by atoms with E-state index in [0.717, 1.165) is 4.90 Å². The molecule has 1 atom stereocenters. The molecule has 2 saturated heterocycles. The lowest BCUT2D eigenvalue weighted by atomic mass is 9.70. The van der Waals surface area contributed by atoms with Gasteiger partial charge in [0.25, 0.3) is 5.92 Å². The molecule has 3 fully saturated rings. The predicted molar refractivity (Wildman–Crippen MR) is 140 cm³/mol. The third-order valence-electron chi connectivity index (χ3n) is 8.52. The lowest BCUT2D eigenvalue weighted by Crippen LogP contribution is -2.64. The van der Waals surface area contributed by atoms with E-state index >= 15 is 4.39 Å². The molecule has 3 aliphatic rings. The summed E-state index contributed by atoms with van der Waals surface area (Å²) in [6.45, 7) is 3.79. The van der Waals surface area contributed by atoms with Gasteiger partial charge in [0.2, 0.25) is 11.8 Å². The van der Waals surface area contributed by atoms with Gasteiger partial charge < -0.3 is 25.3 Å². The fourth-order valence-electron chi connectivity index (χ4n) is 6.19. The van der Waals surface area contributed by atoms with Crippen LogP contribution in [0.2, 0.25) is 0 Å². The first kappa shape index (κ1) is 29.5. The molecule has 1 saturated carbocycles. The van der Waals surface area contributed by atoms with Crippen LogP contribution in [0.3, 0.4) is 0 Å². The molecule has 3 N–H and O–H groups in total. The Morgan fingerprint density at radius 3 is 2.20 bits per heavy atom. The van der Waals surface area contributed by atoms with Gasteiger partial charge in [0.05, 0.1) is 30.1 Å². The highest BCUT2D eigenvalue weighted by Crippen LogP contribution is 2.44. The number of aromatic nitrogens is 2. The third kappa shape index (κ3) is 5.74. The molecular formula is C28H36F5N5O3. The molecule has 3 heterocycles. The van der Waals surface area contributed by atoms with Gasteiger partial charge in [0, 0.05) is 31.5 Å². The van der Waals surface area contributed by atoms with Crippen LogP contribution in [0.4, 0.5) is 26.7 Å². The number of H-pyrrole nitrogens is 1. The molecule has 8 nitrogen and oxygen atoms in total. The molecule has 5 rings (SSSR count). The Labute approximate surface area is 234 Å². The van der Waals surface area contributed by atoms with Crippen molar-refractivity contribution in [2.75, 3.05) is 26.2 Å². The predicted octanol–water partition coefficient (Wildman–Crippen LogP) is 5.27. The number of hydrogen-bond donors (Lipinski definition) is 2. The normalized spacial score (nSPS) is 23.2. The van der Waals surface area contributed by atoms with Crippen LogP contribution in [0, 0.1) is 11.7 Å². The number of aromatic amines is 1. The molecule has 2 aliphatic heterocycles. The summed E-state index contributed by atoms with van der Waals surface area (Å²) in [6, 6.07) is 2.30. The molecular weight excluding hydrogens is 549 g/mol. The molecule has 1 aromatic carbocycles. The highest BCUT2D eigenvalue weighted by atomic mass is 19.3. The molecule has 0 spiro atoms. The van der Waals surface area contributed by atoms with Crippen LogP contribution in [0.15, 0.2) is 12.1 Å². The van der Waals surface area contributed by atoms with Gasteiger partial charge in [-0.05, 0) is 58.4 Å². The number of nitrogens with two attached hydrogens (primary N) is 1. The number of amides is 2. The lowest BCUT2D eigenvalue weighted by Gasteiger charge is -2.47. The van der Waals surface area contributed by atoms with Gasteiger partial charge in [-0.2, -0.15) is 0 Å². The van der Waals surface area contributed by atoms with E-state index in [1.54, 1.807) is 26.8 Å². The van der Waals surface area contributed by atoms with Gasteiger partial charge >= 0.3 is 6.09 Å². The molecule has 41 heavy (non-hydrogen) atoms. The van der Waals surface area contributed by atoms with Gasteiger partial charge in [-0.25, -0.2) is 31.7 Å². The molecule has 0 bridgehead atoms. The average Bonchev–Trinajstić information content (AvgIpc) is 3.31. The number of nitrogens with zero attached hydrogens (tertiary/aromatic N) is 3. The van der Waals surface area contributed by atoms with Crippen molar-refractivity contribution in [1.29, 1.82) is 0 Å². The third-order valence-corrected chi connectivity index (χ3v) is 8.52. The van der Waals surface area contributed by atoms with Gasteiger partial charge in [0.15, 0.2) is 5.82 Å². The van der Waals surface area contributed by atoms with E-state index in [2.05, 4.69) is 9.97 Å². The molecule has 1 aromatic heterocycles. The fourth-order valence-corrected chi connectivity index (χ4v) is 6.19. The number of alkyl halides is 4. The van der Waals surface area contributed by atoms with Gasteiger partial charge in [0.1, 0.15) is 16.9 Å². The van der Waals surface area contributed by atoms with Crippen LogP contribution >= 0.6 is 0 Å². The second kappa shape index (κ2) is 10.1.